The van der Waals surface area contributed by atoms with E-state index in [2.05, 4.69) is 15.8 Å². The zero-order valence-electron chi connectivity index (χ0n) is 20.0. The summed E-state index contributed by atoms with van der Waals surface area (Å²) < 4.78 is 35.4. The lowest BCUT2D eigenvalue weighted by Crippen LogP contribution is -2.36. The Labute approximate surface area is 210 Å². The Kier molecular flexibility index (Phi) is 6.61. The third-order valence-corrected chi connectivity index (χ3v) is 7.64. The van der Waals surface area contributed by atoms with Gasteiger partial charge in [-0.15, -0.1) is 0 Å². The number of sulfonamides is 1. The van der Waals surface area contributed by atoms with Gasteiger partial charge >= 0.3 is 0 Å². The van der Waals surface area contributed by atoms with Crippen molar-refractivity contribution < 1.29 is 17.9 Å². The number of fused-ring (bicyclic) bond motifs is 2. The summed E-state index contributed by atoms with van der Waals surface area (Å²) in [6.45, 7) is 3.51. The van der Waals surface area contributed by atoms with E-state index in [1.807, 2.05) is 37.3 Å². The Morgan fingerprint density at radius 2 is 1.83 bits per heavy atom. The molecule has 0 unspecified atom stereocenters. The Morgan fingerprint density at radius 1 is 1.03 bits per heavy atom. The highest BCUT2D eigenvalue weighted by Gasteiger charge is 2.27. The van der Waals surface area contributed by atoms with E-state index in [1.165, 1.54) is 11.6 Å². The van der Waals surface area contributed by atoms with Gasteiger partial charge in [-0.25, -0.2) is 8.42 Å². The van der Waals surface area contributed by atoms with Crippen LogP contribution in [0.5, 0.6) is 5.75 Å². The summed E-state index contributed by atoms with van der Waals surface area (Å²) >= 11 is 0. The first-order chi connectivity index (χ1) is 17.5. The first kappa shape index (κ1) is 23.8. The molecule has 1 aromatic heterocycles. The van der Waals surface area contributed by atoms with Crippen molar-refractivity contribution in [3.05, 3.63) is 95.7 Å². The number of anilines is 1. The highest BCUT2D eigenvalue weighted by molar-refractivity contribution is 7.93. The number of rotatable bonds is 7. The minimum absolute atomic E-state index is 0.0530. The lowest BCUT2D eigenvalue weighted by Gasteiger charge is -2.29. The molecule has 5 rings (SSSR count). The monoisotopic (exact) mass is 501 g/mol. The summed E-state index contributed by atoms with van der Waals surface area (Å²) in [4.78, 5) is 19.8. The van der Waals surface area contributed by atoms with Crippen LogP contribution in [0.25, 0.3) is 10.9 Å². The molecule has 7 nitrogen and oxygen atoms in total. The van der Waals surface area contributed by atoms with E-state index in [4.69, 9.17) is 4.74 Å². The van der Waals surface area contributed by atoms with Crippen molar-refractivity contribution in [1.29, 1.82) is 0 Å². The first-order valence-corrected chi connectivity index (χ1v) is 13.4. The van der Waals surface area contributed by atoms with Crippen LogP contribution in [0, 0.1) is 0 Å². The number of carbonyl (C=O) groups excluding carboxylic acids is 1. The molecule has 1 N–H and O–H groups in total. The van der Waals surface area contributed by atoms with Crippen molar-refractivity contribution in [3.63, 3.8) is 0 Å². The summed E-state index contributed by atoms with van der Waals surface area (Å²) in [5, 5.41) is 0.715. The van der Waals surface area contributed by atoms with Gasteiger partial charge in [0, 0.05) is 24.7 Å². The standard InChI is InChI=1S/C28H27N3O4S/c1-2-17-35-23-12-13-25(30-36(33,34)26-11-5-9-21-10-6-15-29-27(21)26)24(18-23)28(32)31-16-14-20-7-3-4-8-22(20)19-31/h3-13,15,18,30H,2,14,16-17,19H2,1H3. The second kappa shape index (κ2) is 9.99. The number of benzene rings is 3. The third kappa shape index (κ3) is 4.77. The topological polar surface area (TPSA) is 88.6 Å². The van der Waals surface area contributed by atoms with Gasteiger partial charge in [0.05, 0.1) is 23.4 Å². The number of pyridine rings is 1. The number of nitrogens with one attached hydrogen (secondary N) is 1. The van der Waals surface area contributed by atoms with Crippen molar-refractivity contribution in [2.75, 3.05) is 17.9 Å². The van der Waals surface area contributed by atoms with Gasteiger partial charge in [0.1, 0.15) is 10.6 Å². The molecule has 1 aliphatic rings. The van der Waals surface area contributed by atoms with Crippen LogP contribution in [0.2, 0.25) is 0 Å². The van der Waals surface area contributed by atoms with Gasteiger partial charge < -0.3 is 9.64 Å². The normalized spacial score (nSPS) is 13.3. The molecule has 184 valence electrons. The highest BCUT2D eigenvalue weighted by Crippen LogP contribution is 2.30. The zero-order valence-corrected chi connectivity index (χ0v) is 20.8. The fraction of sp³-hybridized carbons (Fsp3) is 0.214. The number of ether oxygens (including phenoxy) is 1. The van der Waals surface area contributed by atoms with E-state index >= 15 is 0 Å². The van der Waals surface area contributed by atoms with Crippen LogP contribution in [0.3, 0.4) is 0 Å². The maximum Gasteiger partial charge on any atom is 0.264 e. The minimum Gasteiger partial charge on any atom is -0.494 e. The average Bonchev–Trinajstić information content (AvgIpc) is 2.91. The van der Waals surface area contributed by atoms with Crippen LogP contribution in [0.4, 0.5) is 5.69 Å². The molecule has 36 heavy (non-hydrogen) atoms. The molecule has 8 heteroatoms. The van der Waals surface area contributed by atoms with Gasteiger partial charge in [-0.2, -0.15) is 0 Å². The van der Waals surface area contributed by atoms with E-state index in [-0.39, 0.29) is 22.1 Å². The second-order valence-electron chi connectivity index (χ2n) is 8.74. The number of hydrogen-bond donors (Lipinski definition) is 1. The van der Waals surface area contributed by atoms with Crippen LogP contribution in [0.1, 0.15) is 34.8 Å². The summed E-state index contributed by atoms with van der Waals surface area (Å²) in [6.07, 6.45) is 3.12. The van der Waals surface area contributed by atoms with Crippen LogP contribution < -0.4 is 9.46 Å². The van der Waals surface area contributed by atoms with Gasteiger partial charge in [0.15, 0.2) is 0 Å². The van der Waals surface area contributed by atoms with Crippen molar-refractivity contribution in [1.82, 2.24) is 9.88 Å². The number of hydrogen-bond acceptors (Lipinski definition) is 5. The molecule has 0 bridgehead atoms. The van der Waals surface area contributed by atoms with Crippen molar-refractivity contribution in [2.45, 2.75) is 31.2 Å². The van der Waals surface area contributed by atoms with Crippen LogP contribution >= 0.6 is 0 Å². The molecular formula is C28H27N3O4S. The summed E-state index contributed by atoms with van der Waals surface area (Å²) in [7, 11) is -4.03. The smallest absolute Gasteiger partial charge is 0.264 e. The largest absolute Gasteiger partial charge is 0.494 e. The predicted molar refractivity (Wildman–Crippen MR) is 140 cm³/mol. The molecule has 0 saturated carbocycles. The molecular weight excluding hydrogens is 474 g/mol. The fourth-order valence-corrected chi connectivity index (χ4v) is 5.69. The molecule has 0 saturated heterocycles. The molecule has 0 atom stereocenters. The number of amides is 1. The number of aromatic nitrogens is 1. The number of nitrogens with zero attached hydrogens (tertiary/aromatic N) is 2. The van der Waals surface area contributed by atoms with Gasteiger partial charge in [-0.3, -0.25) is 14.5 Å². The lowest BCUT2D eigenvalue weighted by molar-refractivity contribution is 0.0735. The lowest BCUT2D eigenvalue weighted by atomic mass is 9.99. The number of para-hydroxylation sites is 1. The Balaban J connectivity index is 1.51. The van der Waals surface area contributed by atoms with Crippen molar-refractivity contribution in [2.24, 2.45) is 0 Å². The molecule has 2 heterocycles. The van der Waals surface area contributed by atoms with Crippen LogP contribution in [-0.2, 0) is 23.0 Å². The van der Waals surface area contributed by atoms with Crippen molar-refractivity contribution >= 4 is 32.5 Å². The molecule has 0 aliphatic carbocycles. The Hall–Kier alpha value is -3.91. The maximum atomic E-state index is 13.7. The van der Waals surface area contributed by atoms with E-state index < -0.39 is 10.0 Å². The summed E-state index contributed by atoms with van der Waals surface area (Å²) in [5.41, 5.74) is 3.15. The average molecular weight is 502 g/mol. The van der Waals surface area contributed by atoms with E-state index in [9.17, 15) is 13.2 Å². The van der Waals surface area contributed by atoms with Crippen molar-refractivity contribution in [3.8, 4) is 5.75 Å². The molecule has 3 aromatic carbocycles. The fourth-order valence-electron chi connectivity index (χ4n) is 4.43. The summed E-state index contributed by atoms with van der Waals surface area (Å²) in [5.74, 6) is 0.271. The van der Waals surface area contributed by atoms with Gasteiger partial charge in [-0.05, 0) is 54.3 Å². The zero-order chi connectivity index (χ0) is 25.1. The number of carbonyl (C=O) groups is 1. The highest BCUT2D eigenvalue weighted by atomic mass is 32.2. The second-order valence-corrected chi connectivity index (χ2v) is 10.4. The third-order valence-electron chi connectivity index (χ3n) is 6.24. The van der Waals surface area contributed by atoms with Gasteiger partial charge in [0.2, 0.25) is 0 Å². The summed E-state index contributed by atoms with van der Waals surface area (Å²) in [6, 6.07) is 21.5. The van der Waals surface area contributed by atoms with Crippen LogP contribution in [-0.4, -0.2) is 37.4 Å². The van der Waals surface area contributed by atoms with Gasteiger partial charge in [0.25, 0.3) is 15.9 Å². The SMILES string of the molecule is CCCOc1ccc(NS(=O)(=O)c2cccc3cccnc23)c(C(=O)N2CCc3ccccc3C2)c1. The van der Waals surface area contributed by atoms with Crippen LogP contribution in [0.15, 0.2) is 83.9 Å². The molecule has 0 spiro atoms. The van der Waals surface area contributed by atoms with E-state index in [0.29, 0.717) is 36.3 Å². The molecule has 1 amide bonds. The minimum atomic E-state index is -4.03. The first-order valence-electron chi connectivity index (χ1n) is 12.0. The Morgan fingerprint density at radius 3 is 2.67 bits per heavy atom. The van der Waals surface area contributed by atoms with E-state index in [0.717, 1.165) is 18.4 Å². The van der Waals surface area contributed by atoms with E-state index in [1.54, 1.807) is 41.4 Å². The molecule has 0 fully saturated rings. The quantitative estimate of drug-likeness (QED) is 0.384. The maximum absolute atomic E-state index is 13.7. The predicted octanol–water partition coefficient (Wildman–Crippen LogP) is 5.02. The molecule has 1 aliphatic heterocycles. The van der Waals surface area contributed by atoms with Gasteiger partial charge in [-0.1, -0.05) is 49.4 Å². The molecule has 4 aromatic rings. The molecule has 0 radical (unpaired) electrons. The Bertz CT molecular complexity index is 1530.